The van der Waals surface area contributed by atoms with E-state index in [-0.39, 0.29) is 0 Å². The third kappa shape index (κ3) is 2.85. The first-order valence-corrected chi connectivity index (χ1v) is 7.04. The van der Waals surface area contributed by atoms with Gasteiger partial charge in [-0.15, -0.1) is 0 Å². The number of ether oxygens (including phenoxy) is 1. The fraction of sp³-hybridized carbons (Fsp3) is 0.333. The van der Waals surface area contributed by atoms with Gasteiger partial charge in [0.05, 0.1) is 0 Å². The number of benzene rings is 1. The predicted octanol–water partition coefficient (Wildman–Crippen LogP) is 4.15. The van der Waals surface area contributed by atoms with Crippen molar-refractivity contribution in [1.82, 2.24) is 9.97 Å². The summed E-state index contributed by atoms with van der Waals surface area (Å²) in [5.41, 5.74) is 1.02. The number of hydrogen-bond acceptors (Lipinski definition) is 4. The molecule has 0 unspecified atom stereocenters. The summed E-state index contributed by atoms with van der Waals surface area (Å²) in [6.07, 6.45) is 2.31. The number of hydrogen-bond donors (Lipinski definition) is 1. The van der Waals surface area contributed by atoms with Gasteiger partial charge in [0.25, 0.3) is 0 Å². The van der Waals surface area contributed by atoms with E-state index in [1.54, 1.807) is 12.1 Å². The quantitative estimate of drug-likeness (QED) is 0.918. The van der Waals surface area contributed by atoms with Crippen LogP contribution in [0.2, 0.25) is 5.02 Å². The largest absolute Gasteiger partial charge is 0.439 e. The summed E-state index contributed by atoms with van der Waals surface area (Å²) in [6, 6.07) is 7.37. The summed E-state index contributed by atoms with van der Waals surface area (Å²) in [4.78, 5) is 8.96. The Morgan fingerprint density at radius 3 is 2.75 bits per heavy atom. The van der Waals surface area contributed by atoms with E-state index < -0.39 is 0 Å². The summed E-state index contributed by atoms with van der Waals surface area (Å²) < 4.78 is 5.88. The number of aromatic nitrogens is 2. The zero-order valence-corrected chi connectivity index (χ0v) is 12.2. The van der Waals surface area contributed by atoms with Crippen LogP contribution in [0.3, 0.4) is 0 Å². The lowest BCUT2D eigenvalue weighted by molar-refractivity contribution is 0.455. The Morgan fingerprint density at radius 1 is 1.25 bits per heavy atom. The van der Waals surface area contributed by atoms with Crippen LogP contribution in [0.1, 0.15) is 30.1 Å². The molecular formula is C15H16ClN3O. The number of nitrogens with zero attached hydrogens (tertiary/aromatic N) is 2. The fourth-order valence-electron chi connectivity index (χ4n) is 1.94. The first kappa shape index (κ1) is 13.2. The molecule has 0 spiro atoms. The molecular weight excluding hydrogens is 274 g/mol. The average molecular weight is 290 g/mol. The molecule has 1 aromatic heterocycles. The fourth-order valence-corrected chi connectivity index (χ4v) is 2.11. The number of rotatable bonds is 4. The minimum absolute atomic E-state index is 0.478. The van der Waals surface area contributed by atoms with Gasteiger partial charge in [-0.05, 0) is 37.5 Å². The summed E-state index contributed by atoms with van der Waals surface area (Å²) >= 11 is 6.01. The number of nitrogens with one attached hydrogen (secondary N) is 1. The molecule has 0 radical (unpaired) electrons. The second-order valence-electron chi connectivity index (χ2n) is 4.99. The van der Waals surface area contributed by atoms with Crippen LogP contribution in [0, 0.1) is 6.92 Å². The van der Waals surface area contributed by atoms with Crippen molar-refractivity contribution in [3.63, 3.8) is 0 Å². The summed E-state index contributed by atoms with van der Waals surface area (Å²) in [5.74, 6) is 3.38. The monoisotopic (exact) mass is 289 g/mol. The molecule has 0 atom stereocenters. The highest BCUT2D eigenvalue weighted by Crippen LogP contribution is 2.39. The van der Waals surface area contributed by atoms with Crippen LogP contribution in [0.15, 0.2) is 24.3 Å². The first-order valence-electron chi connectivity index (χ1n) is 6.66. The molecule has 1 fully saturated rings. The van der Waals surface area contributed by atoms with E-state index in [0.717, 1.165) is 35.8 Å². The number of anilines is 1. The van der Waals surface area contributed by atoms with Gasteiger partial charge in [-0.2, -0.15) is 4.98 Å². The van der Waals surface area contributed by atoms with E-state index >= 15 is 0 Å². The molecule has 0 saturated heterocycles. The van der Waals surface area contributed by atoms with Crippen LogP contribution in [-0.4, -0.2) is 17.0 Å². The molecule has 3 rings (SSSR count). The predicted molar refractivity (Wildman–Crippen MR) is 79.8 cm³/mol. The highest BCUT2D eigenvalue weighted by Gasteiger charge is 2.27. The SMILES string of the molecule is CNc1cc(Oc2cc(Cl)ccc2C)nc(C2CC2)n1. The van der Waals surface area contributed by atoms with Crippen molar-refractivity contribution in [3.05, 3.63) is 40.7 Å². The van der Waals surface area contributed by atoms with Gasteiger partial charge in [-0.25, -0.2) is 4.98 Å². The molecule has 20 heavy (non-hydrogen) atoms. The topological polar surface area (TPSA) is 47.0 Å². The summed E-state index contributed by atoms with van der Waals surface area (Å²) in [6.45, 7) is 1.98. The van der Waals surface area contributed by atoms with Gasteiger partial charge in [-0.3, -0.25) is 0 Å². The van der Waals surface area contributed by atoms with E-state index in [0.29, 0.717) is 16.8 Å². The van der Waals surface area contributed by atoms with Gasteiger partial charge in [-0.1, -0.05) is 17.7 Å². The van der Waals surface area contributed by atoms with Crippen molar-refractivity contribution < 1.29 is 4.74 Å². The highest BCUT2D eigenvalue weighted by molar-refractivity contribution is 6.30. The zero-order chi connectivity index (χ0) is 14.1. The van der Waals surface area contributed by atoms with Gasteiger partial charge in [0.15, 0.2) is 0 Å². The van der Waals surface area contributed by atoms with Crippen molar-refractivity contribution in [2.45, 2.75) is 25.7 Å². The minimum atomic E-state index is 0.478. The summed E-state index contributed by atoms with van der Waals surface area (Å²) in [5, 5.41) is 3.69. The lowest BCUT2D eigenvalue weighted by atomic mass is 10.2. The van der Waals surface area contributed by atoms with Crippen LogP contribution in [0.5, 0.6) is 11.6 Å². The minimum Gasteiger partial charge on any atom is -0.439 e. The normalized spacial score (nSPS) is 14.2. The maximum absolute atomic E-state index is 6.01. The number of halogens is 1. The Morgan fingerprint density at radius 2 is 2.05 bits per heavy atom. The molecule has 0 amide bonds. The molecule has 1 N–H and O–H groups in total. The lowest BCUT2D eigenvalue weighted by Gasteiger charge is -2.10. The van der Waals surface area contributed by atoms with Gasteiger partial charge < -0.3 is 10.1 Å². The Bertz CT molecular complexity index is 641. The van der Waals surface area contributed by atoms with Crippen molar-refractivity contribution >= 4 is 17.4 Å². The van der Waals surface area contributed by atoms with Gasteiger partial charge in [0.2, 0.25) is 5.88 Å². The maximum Gasteiger partial charge on any atom is 0.224 e. The van der Waals surface area contributed by atoms with Gasteiger partial charge in [0, 0.05) is 24.1 Å². The summed E-state index contributed by atoms with van der Waals surface area (Å²) in [7, 11) is 1.84. The standard InChI is InChI=1S/C15H16ClN3O/c1-9-3-6-11(16)7-12(9)20-14-8-13(17-2)18-15(19-14)10-4-5-10/h3,6-8,10H,4-5H2,1-2H3,(H,17,18,19). The van der Waals surface area contributed by atoms with Crippen molar-refractivity contribution in [2.24, 2.45) is 0 Å². The lowest BCUT2D eigenvalue weighted by Crippen LogP contribution is -2.01. The first-order chi connectivity index (χ1) is 9.65. The van der Waals surface area contributed by atoms with Crippen molar-refractivity contribution in [2.75, 3.05) is 12.4 Å². The molecule has 1 aromatic carbocycles. The highest BCUT2D eigenvalue weighted by atomic mass is 35.5. The molecule has 5 heteroatoms. The van der Waals surface area contributed by atoms with Gasteiger partial charge in [0.1, 0.15) is 17.4 Å². The van der Waals surface area contributed by atoms with E-state index in [9.17, 15) is 0 Å². The zero-order valence-electron chi connectivity index (χ0n) is 11.5. The van der Waals surface area contributed by atoms with E-state index in [1.165, 1.54) is 0 Å². The Hall–Kier alpha value is -1.81. The molecule has 1 aliphatic carbocycles. The Balaban J connectivity index is 1.93. The van der Waals surface area contributed by atoms with E-state index in [2.05, 4.69) is 15.3 Å². The van der Waals surface area contributed by atoms with Crippen LogP contribution >= 0.6 is 11.6 Å². The second kappa shape index (κ2) is 5.29. The smallest absolute Gasteiger partial charge is 0.224 e. The van der Waals surface area contributed by atoms with Gasteiger partial charge >= 0.3 is 0 Å². The molecule has 2 aromatic rings. The van der Waals surface area contributed by atoms with E-state index in [1.807, 2.05) is 26.1 Å². The van der Waals surface area contributed by atoms with Crippen LogP contribution in [-0.2, 0) is 0 Å². The van der Waals surface area contributed by atoms with Crippen LogP contribution in [0.4, 0.5) is 5.82 Å². The van der Waals surface area contributed by atoms with E-state index in [4.69, 9.17) is 16.3 Å². The van der Waals surface area contributed by atoms with Crippen molar-refractivity contribution in [3.8, 4) is 11.6 Å². The molecule has 0 bridgehead atoms. The van der Waals surface area contributed by atoms with Crippen LogP contribution in [0.25, 0.3) is 0 Å². The molecule has 1 saturated carbocycles. The average Bonchev–Trinajstić information content (AvgIpc) is 3.27. The molecule has 104 valence electrons. The molecule has 1 aliphatic rings. The molecule has 1 heterocycles. The Labute approximate surface area is 123 Å². The molecule has 0 aliphatic heterocycles. The second-order valence-corrected chi connectivity index (χ2v) is 5.42. The maximum atomic E-state index is 6.01. The number of aryl methyl sites for hydroxylation is 1. The van der Waals surface area contributed by atoms with Crippen molar-refractivity contribution in [1.29, 1.82) is 0 Å². The van der Waals surface area contributed by atoms with Crippen LogP contribution < -0.4 is 10.1 Å². The Kier molecular flexibility index (Phi) is 3.49. The third-order valence-electron chi connectivity index (χ3n) is 3.28. The molecule has 4 nitrogen and oxygen atoms in total. The third-order valence-corrected chi connectivity index (χ3v) is 3.52.